The molecule has 1 aliphatic heterocycles. The van der Waals surface area contributed by atoms with E-state index in [2.05, 4.69) is 28.6 Å². The number of nitrogens with one attached hydrogen (secondary N) is 1. The molecular formula is C45H53ClN6O6S. The van der Waals surface area contributed by atoms with Crippen molar-refractivity contribution in [1.29, 1.82) is 0 Å². The van der Waals surface area contributed by atoms with E-state index in [1.165, 1.54) is 28.9 Å². The van der Waals surface area contributed by atoms with Gasteiger partial charge in [0.2, 0.25) is 0 Å². The van der Waals surface area contributed by atoms with Crippen molar-refractivity contribution < 1.29 is 27.5 Å². The standard InChI is InChI=1S/C45H53ClN6O6S/c1-6-8-23-50(24-9-7-2)45(55)42-41(46)31(3)52(47-42)40-20-17-34(29-39(40)44(54)51-25-21-32-13-10-11-14-35(32)30-51)43(53)48-59(56,57)38-19-16-33-15-18-37(27-36(33)28-38)58-26-12-22-49(4)5/h10-11,13-20,27-29H,6-9,12,21-26,30H2,1-5H3,(H,48,53). The van der Waals surface area contributed by atoms with Gasteiger partial charge in [-0.05, 0) is 111 Å². The summed E-state index contributed by atoms with van der Waals surface area (Å²) in [5.74, 6) is -0.980. The van der Waals surface area contributed by atoms with Crippen LogP contribution in [0.1, 0.15) is 94.0 Å². The summed E-state index contributed by atoms with van der Waals surface area (Å²) in [6.07, 6.45) is 4.97. The quantitative estimate of drug-likeness (QED) is 0.0944. The second-order valence-electron chi connectivity index (χ2n) is 15.2. The summed E-state index contributed by atoms with van der Waals surface area (Å²) in [5.41, 5.74) is 3.04. The van der Waals surface area contributed by atoms with Gasteiger partial charge in [-0.2, -0.15) is 5.10 Å². The van der Waals surface area contributed by atoms with Crippen molar-refractivity contribution in [3.8, 4) is 11.4 Å². The van der Waals surface area contributed by atoms with E-state index in [4.69, 9.17) is 16.3 Å². The predicted octanol–water partition coefficient (Wildman–Crippen LogP) is 7.68. The Hall–Kier alpha value is -5.24. The molecule has 0 unspecified atom stereocenters. The zero-order valence-electron chi connectivity index (χ0n) is 34.5. The number of hydrogen-bond acceptors (Lipinski definition) is 8. The molecule has 12 nitrogen and oxygen atoms in total. The van der Waals surface area contributed by atoms with Crippen molar-refractivity contribution in [3.05, 3.63) is 118 Å². The molecule has 5 aromatic rings. The minimum Gasteiger partial charge on any atom is -0.494 e. The Morgan fingerprint density at radius 2 is 1.58 bits per heavy atom. The molecule has 3 amide bonds. The van der Waals surface area contributed by atoms with Crippen LogP contribution in [0, 0.1) is 6.92 Å². The van der Waals surface area contributed by atoms with Gasteiger partial charge in [0.05, 0.1) is 33.5 Å². The molecule has 14 heteroatoms. The lowest BCUT2D eigenvalue weighted by Crippen LogP contribution is -2.37. The summed E-state index contributed by atoms with van der Waals surface area (Å²) in [7, 11) is -0.362. The first kappa shape index (κ1) is 43.3. The largest absolute Gasteiger partial charge is 0.494 e. The van der Waals surface area contributed by atoms with Crippen molar-refractivity contribution >= 4 is 50.1 Å². The average Bonchev–Trinajstić information content (AvgIpc) is 3.53. The summed E-state index contributed by atoms with van der Waals surface area (Å²) >= 11 is 6.84. The highest BCUT2D eigenvalue weighted by Gasteiger charge is 2.30. The molecular weight excluding hydrogens is 788 g/mol. The number of benzene rings is 4. The highest BCUT2D eigenvalue weighted by atomic mass is 35.5. The molecule has 6 rings (SSSR count). The molecule has 0 spiro atoms. The number of aromatic nitrogens is 2. The number of nitrogens with zero attached hydrogens (tertiary/aromatic N) is 5. The Kier molecular flexibility index (Phi) is 14.1. The molecule has 1 aliphatic rings. The van der Waals surface area contributed by atoms with E-state index in [1.807, 2.05) is 50.5 Å². The van der Waals surface area contributed by atoms with Crippen LogP contribution in [0.15, 0.2) is 83.8 Å². The monoisotopic (exact) mass is 840 g/mol. The van der Waals surface area contributed by atoms with Crippen LogP contribution in [0.5, 0.6) is 5.75 Å². The van der Waals surface area contributed by atoms with Crippen molar-refractivity contribution in [2.45, 2.75) is 70.7 Å². The number of sulfonamides is 1. The molecule has 312 valence electrons. The zero-order chi connectivity index (χ0) is 42.3. The molecule has 0 bridgehead atoms. The Labute approximate surface area is 352 Å². The molecule has 4 aromatic carbocycles. The number of hydrogen-bond donors (Lipinski definition) is 1. The van der Waals surface area contributed by atoms with Gasteiger partial charge in [0.1, 0.15) is 5.75 Å². The van der Waals surface area contributed by atoms with E-state index in [0.717, 1.165) is 55.2 Å². The first-order valence-electron chi connectivity index (χ1n) is 20.2. The molecule has 0 saturated carbocycles. The van der Waals surface area contributed by atoms with Gasteiger partial charge in [0.15, 0.2) is 5.69 Å². The molecule has 59 heavy (non-hydrogen) atoms. The third-order valence-corrected chi connectivity index (χ3v) is 12.4. The maximum Gasteiger partial charge on any atom is 0.275 e. The minimum atomic E-state index is -4.35. The number of halogens is 1. The smallest absolute Gasteiger partial charge is 0.275 e. The normalized spacial score (nSPS) is 12.8. The summed E-state index contributed by atoms with van der Waals surface area (Å²) in [6.45, 7) is 9.14. The molecule has 0 saturated heterocycles. The summed E-state index contributed by atoms with van der Waals surface area (Å²) < 4.78 is 37.0. The topological polar surface area (TPSA) is 134 Å². The van der Waals surface area contributed by atoms with Gasteiger partial charge in [0, 0.05) is 38.3 Å². The van der Waals surface area contributed by atoms with E-state index < -0.39 is 15.9 Å². The van der Waals surface area contributed by atoms with E-state index in [-0.39, 0.29) is 38.6 Å². The van der Waals surface area contributed by atoms with Crippen molar-refractivity contribution in [1.82, 2.24) is 29.2 Å². The summed E-state index contributed by atoms with van der Waals surface area (Å²) in [6, 6.07) is 22.4. The van der Waals surface area contributed by atoms with Crippen LogP contribution in [0.25, 0.3) is 16.5 Å². The fourth-order valence-corrected chi connectivity index (χ4v) is 8.37. The maximum atomic E-state index is 14.5. The molecule has 0 fully saturated rings. The molecule has 0 aliphatic carbocycles. The number of carbonyl (C=O) groups excluding carboxylic acids is 3. The second kappa shape index (κ2) is 19.2. The zero-order valence-corrected chi connectivity index (χ0v) is 36.0. The second-order valence-corrected chi connectivity index (χ2v) is 17.3. The number of rotatable bonds is 17. The highest BCUT2D eigenvalue weighted by Crippen LogP contribution is 2.30. The summed E-state index contributed by atoms with van der Waals surface area (Å²) in [4.78, 5) is 47.7. The van der Waals surface area contributed by atoms with Gasteiger partial charge in [0.25, 0.3) is 27.7 Å². The lowest BCUT2D eigenvalue weighted by atomic mass is 9.98. The fraction of sp³-hybridized carbons (Fsp3) is 0.378. The molecule has 0 atom stereocenters. The van der Waals surface area contributed by atoms with Crippen LogP contribution >= 0.6 is 11.6 Å². The first-order valence-corrected chi connectivity index (χ1v) is 22.1. The maximum absolute atomic E-state index is 14.5. The summed E-state index contributed by atoms with van der Waals surface area (Å²) in [5, 5.41) is 6.30. The van der Waals surface area contributed by atoms with Crippen molar-refractivity contribution in [2.75, 3.05) is 46.9 Å². The number of unbranched alkanes of at least 4 members (excludes halogenated alkanes) is 2. The average molecular weight is 841 g/mol. The van der Waals surface area contributed by atoms with Crippen molar-refractivity contribution in [3.63, 3.8) is 0 Å². The third-order valence-electron chi connectivity index (χ3n) is 10.6. The van der Waals surface area contributed by atoms with Gasteiger partial charge in [-0.3, -0.25) is 14.4 Å². The van der Waals surface area contributed by atoms with Gasteiger partial charge < -0.3 is 19.4 Å². The van der Waals surface area contributed by atoms with E-state index >= 15 is 0 Å². The van der Waals surface area contributed by atoms with Gasteiger partial charge >= 0.3 is 0 Å². The molecule has 1 aromatic heterocycles. The van der Waals surface area contributed by atoms with Crippen molar-refractivity contribution in [2.24, 2.45) is 0 Å². The van der Waals surface area contributed by atoms with Crippen LogP contribution in [-0.4, -0.2) is 97.5 Å². The Morgan fingerprint density at radius 1 is 0.864 bits per heavy atom. The molecule has 0 radical (unpaired) electrons. The van der Waals surface area contributed by atoms with E-state index in [1.54, 1.807) is 34.9 Å². The van der Waals surface area contributed by atoms with Crippen LogP contribution < -0.4 is 9.46 Å². The van der Waals surface area contributed by atoms with Crippen LogP contribution in [-0.2, 0) is 23.0 Å². The Balaban J connectivity index is 1.32. The van der Waals surface area contributed by atoms with Crippen LogP contribution in [0.3, 0.4) is 0 Å². The van der Waals surface area contributed by atoms with E-state index in [0.29, 0.717) is 61.7 Å². The number of carbonyl (C=O) groups is 3. The fourth-order valence-electron chi connectivity index (χ4n) is 7.16. The first-order chi connectivity index (χ1) is 28.3. The van der Waals surface area contributed by atoms with Crippen LogP contribution in [0.2, 0.25) is 5.02 Å². The van der Waals surface area contributed by atoms with Crippen LogP contribution in [0.4, 0.5) is 0 Å². The van der Waals surface area contributed by atoms with Gasteiger partial charge in [-0.1, -0.05) is 74.7 Å². The Bertz CT molecular complexity index is 2440. The predicted molar refractivity (Wildman–Crippen MR) is 231 cm³/mol. The number of amides is 3. The highest BCUT2D eigenvalue weighted by molar-refractivity contribution is 7.90. The lowest BCUT2D eigenvalue weighted by Gasteiger charge is -2.29. The number of fused-ring (bicyclic) bond motifs is 2. The third kappa shape index (κ3) is 10.1. The van der Waals surface area contributed by atoms with Gasteiger partial charge in [-0.25, -0.2) is 17.8 Å². The number of ether oxygens (including phenoxy) is 1. The SMILES string of the molecule is CCCCN(CCCC)C(=O)c1nn(-c2ccc(C(=O)NS(=O)(=O)c3ccc4ccc(OCCCN(C)C)cc4c3)cc2C(=O)N2CCc3ccccc3C2)c(C)c1Cl. The molecule has 1 N–H and O–H groups in total. The van der Waals surface area contributed by atoms with E-state index in [9.17, 15) is 22.8 Å². The molecule has 2 heterocycles. The lowest BCUT2D eigenvalue weighted by molar-refractivity contribution is 0.0732. The Morgan fingerprint density at radius 3 is 2.29 bits per heavy atom. The van der Waals surface area contributed by atoms with Gasteiger partial charge in [-0.15, -0.1) is 0 Å². The minimum absolute atomic E-state index is 0.0511.